The molecule has 0 heterocycles. The predicted octanol–water partition coefficient (Wildman–Crippen LogP) is -0.768. The molecule has 1 N–H and O–H groups in total. The van der Waals surface area contributed by atoms with Gasteiger partial charge >= 0.3 is 29.6 Å². The van der Waals surface area contributed by atoms with Gasteiger partial charge in [-0.25, -0.2) is 4.89 Å². The average Bonchev–Trinajstić information content (AvgIpc) is 1.85. The van der Waals surface area contributed by atoms with Gasteiger partial charge in [0.05, 0.1) is 12.1 Å². The van der Waals surface area contributed by atoms with Crippen molar-refractivity contribution in [2.24, 2.45) is 10.2 Å². The summed E-state index contributed by atoms with van der Waals surface area (Å²) in [7, 11) is 0. The van der Waals surface area contributed by atoms with Crippen LogP contribution in [0.25, 0.3) is 0 Å². The fourth-order valence-corrected chi connectivity index (χ4v) is 0.401. The summed E-state index contributed by atoms with van der Waals surface area (Å²) < 4.78 is 0. The molecule has 0 saturated carbocycles. The maximum Gasteiger partial charge on any atom is 1.00 e. The second-order valence-electron chi connectivity index (χ2n) is 3.51. The average molecular weight is 184 g/mol. The van der Waals surface area contributed by atoms with Crippen LogP contribution in [-0.4, -0.2) is 23.4 Å². The molecule has 0 aromatic carbocycles. The van der Waals surface area contributed by atoms with Crippen LogP contribution in [0.4, 0.5) is 0 Å². The van der Waals surface area contributed by atoms with Gasteiger partial charge in [-0.05, 0) is 27.7 Å². The van der Waals surface area contributed by atoms with Gasteiger partial charge in [-0.2, -0.15) is 10.2 Å². The van der Waals surface area contributed by atoms with Gasteiger partial charge < -0.3 is 1.43 Å². The molecule has 0 amide bonds. The second kappa shape index (κ2) is 6.97. The first-order valence-electron chi connectivity index (χ1n) is 3.64. The van der Waals surface area contributed by atoms with Crippen LogP contribution in [0.15, 0.2) is 10.2 Å². The zero-order chi connectivity index (χ0) is 8.91. The molecule has 0 aliphatic heterocycles. The van der Waals surface area contributed by atoms with Gasteiger partial charge in [-0.1, -0.05) is 0 Å². The Bertz CT molecular complexity index is 139. The minimum atomic E-state index is -0.277. The van der Waals surface area contributed by atoms with Crippen molar-refractivity contribution in [1.82, 2.24) is 0 Å². The quantitative estimate of drug-likeness (QED) is 0.271. The normalized spacial score (nSPS) is 14.4. The van der Waals surface area contributed by atoms with Crippen LogP contribution in [0.5, 0.6) is 0 Å². The summed E-state index contributed by atoms with van der Waals surface area (Å²) >= 11 is 0. The van der Waals surface area contributed by atoms with Gasteiger partial charge in [0.1, 0.15) is 6.10 Å². The Morgan fingerprint density at radius 3 is 2.33 bits per heavy atom. The fraction of sp³-hybridized carbons (Fsp3) is 1.00. The van der Waals surface area contributed by atoms with Crippen molar-refractivity contribution >= 4 is 0 Å². The first kappa shape index (κ1) is 15.0. The van der Waals surface area contributed by atoms with E-state index in [9.17, 15) is 0 Å². The molecule has 0 radical (unpaired) electrons. The Kier molecular flexibility index (Phi) is 8.73. The van der Waals surface area contributed by atoms with Crippen LogP contribution in [0.3, 0.4) is 0 Å². The standard InChI is InChI=1S/C7H16N2O2.Na.H/c1-6(11-10)5-8-9-7(2,3)4;;/h6,10H,5H2,1-4H3;;/q;+1;-1. The largest absolute Gasteiger partial charge is 1.00 e. The van der Waals surface area contributed by atoms with E-state index in [1.54, 1.807) is 6.92 Å². The third-order valence-corrected chi connectivity index (χ3v) is 0.889. The molecule has 0 rings (SSSR count). The number of rotatable bonds is 3. The van der Waals surface area contributed by atoms with Gasteiger partial charge in [0.2, 0.25) is 0 Å². The minimum absolute atomic E-state index is 0. The molecule has 0 bridgehead atoms. The topological polar surface area (TPSA) is 54.2 Å². The van der Waals surface area contributed by atoms with Gasteiger partial charge in [0.15, 0.2) is 0 Å². The SMILES string of the molecule is CC(CN=NC(C)(C)C)OO.[H-].[Na+]. The summed E-state index contributed by atoms with van der Waals surface area (Å²) in [6.07, 6.45) is -0.277. The molecular weight excluding hydrogens is 167 g/mol. The number of nitrogens with zero attached hydrogens (tertiary/aromatic N) is 2. The molecule has 0 aliphatic rings. The summed E-state index contributed by atoms with van der Waals surface area (Å²) in [5, 5.41) is 16.0. The van der Waals surface area contributed by atoms with E-state index in [2.05, 4.69) is 15.1 Å². The van der Waals surface area contributed by atoms with Gasteiger partial charge in [0, 0.05) is 0 Å². The van der Waals surface area contributed by atoms with E-state index in [1.165, 1.54) is 0 Å². The van der Waals surface area contributed by atoms with Crippen molar-refractivity contribution < 1.29 is 41.1 Å². The van der Waals surface area contributed by atoms with E-state index in [-0.39, 0.29) is 42.6 Å². The van der Waals surface area contributed by atoms with E-state index >= 15 is 0 Å². The number of hydrogen-bond acceptors (Lipinski definition) is 4. The van der Waals surface area contributed by atoms with Crippen LogP contribution in [0.1, 0.15) is 29.1 Å². The van der Waals surface area contributed by atoms with E-state index in [0.29, 0.717) is 6.54 Å². The Morgan fingerprint density at radius 2 is 2.00 bits per heavy atom. The molecule has 0 spiro atoms. The summed E-state index contributed by atoms with van der Waals surface area (Å²) in [6, 6.07) is 0. The molecule has 12 heavy (non-hydrogen) atoms. The zero-order valence-electron chi connectivity index (χ0n) is 9.53. The molecular formula is C7H17N2NaO2. The van der Waals surface area contributed by atoms with E-state index in [1.807, 2.05) is 20.8 Å². The van der Waals surface area contributed by atoms with Gasteiger partial charge in [-0.3, -0.25) is 5.26 Å². The van der Waals surface area contributed by atoms with E-state index in [0.717, 1.165) is 0 Å². The summed E-state index contributed by atoms with van der Waals surface area (Å²) in [5.41, 5.74) is -0.144. The molecule has 4 nitrogen and oxygen atoms in total. The third-order valence-electron chi connectivity index (χ3n) is 0.889. The van der Waals surface area contributed by atoms with Crippen LogP contribution < -0.4 is 29.6 Å². The Labute approximate surface area is 97.1 Å². The molecule has 0 saturated heterocycles. The van der Waals surface area contributed by atoms with Crippen LogP contribution >= 0.6 is 0 Å². The maximum atomic E-state index is 8.16. The second-order valence-corrected chi connectivity index (χ2v) is 3.51. The predicted molar refractivity (Wildman–Crippen MR) is 43.8 cm³/mol. The molecule has 0 aromatic heterocycles. The van der Waals surface area contributed by atoms with Crippen molar-refractivity contribution in [2.45, 2.75) is 39.3 Å². The summed E-state index contributed by atoms with van der Waals surface area (Å²) in [4.78, 5) is 4.01. The first-order valence-corrected chi connectivity index (χ1v) is 3.64. The van der Waals surface area contributed by atoms with Crippen molar-refractivity contribution in [1.29, 1.82) is 0 Å². The molecule has 0 aromatic rings. The van der Waals surface area contributed by atoms with Crippen LogP contribution in [0.2, 0.25) is 0 Å². The van der Waals surface area contributed by atoms with E-state index < -0.39 is 0 Å². The van der Waals surface area contributed by atoms with Crippen LogP contribution in [-0.2, 0) is 4.89 Å². The maximum absolute atomic E-state index is 8.16. The van der Waals surface area contributed by atoms with Gasteiger partial charge in [0.25, 0.3) is 0 Å². The number of azo groups is 1. The Morgan fingerprint density at radius 1 is 1.50 bits per heavy atom. The monoisotopic (exact) mass is 184 g/mol. The minimum Gasteiger partial charge on any atom is -1.00 e. The van der Waals surface area contributed by atoms with Gasteiger partial charge in [-0.15, -0.1) is 0 Å². The molecule has 1 atom stereocenters. The van der Waals surface area contributed by atoms with Crippen molar-refractivity contribution in [3.8, 4) is 0 Å². The first-order chi connectivity index (χ1) is 4.95. The summed E-state index contributed by atoms with van der Waals surface area (Å²) in [6.45, 7) is 8.00. The fourth-order valence-electron chi connectivity index (χ4n) is 0.401. The molecule has 5 heteroatoms. The van der Waals surface area contributed by atoms with Crippen molar-refractivity contribution in [2.75, 3.05) is 6.54 Å². The molecule has 1 unspecified atom stereocenters. The Hall–Kier alpha value is 0.520. The number of hydrogen-bond donors (Lipinski definition) is 1. The van der Waals surface area contributed by atoms with Crippen molar-refractivity contribution in [3.63, 3.8) is 0 Å². The smallest absolute Gasteiger partial charge is 1.00 e. The van der Waals surface area contributed by atoms with Crippen molar-refractivity contribution in [3.05, 3.63) is 0 Å². The van der Waals surface area contributed by atoms with E-state index in [4.69, 9.17) is 5.26 Å². The third kappa shape index (κ3) is 10.5. The van der Waals surface area contributed by atoms with Crippen LogP contribution in [0, 0.1) is 0 Å². The summed E-state index contributed by atoms with van der Waals surface area (Å²) in [5.74, 6) is 0. The molecule has 0 fully saturated rings. The molecule has 68 valence electrons. The molecule has 0 aliphatic carbocycles. The Balaban J connectivity index is -0.000000500. The zero-order valence-corrected chi connectivity index (χ0v) is 10.5.